The Morgan fingerprint density at radius 3 is 2.88 bits per heavy atom. The zero-order chi connectivity index (χ0) is 11.5. The number of rotatable bonds is 3. The van der Waals surface area contributed by atoms with E-state index in [9.17, 15) is 4.39 Å². The molecule has 1 heterocycles. The summed E-state index contributed by atoms with van der Waals surface area (Å²) in [7, 11) is 0. The summed E-state index contributed by atoms with van der Waals surface area (Å²) < 4.78 is 13.3. The molecule has 0 saturated heterocycles. The molecule has 1 N–H and O–H groups in total. The Balaban J connectivity index is 2.12. The highest BCUT2D eigenvalue weighted by Gasteiger charge is 2.08. The van der Waals surface area contributed by atoms with Gasteiger partial charge in [0.15, 0.2) is 0 Å². The Kier molecular flexibility index (Phi) is 3.19. The molecular weight excluding hydrogens is 223 g/mol. The van der Waals surface area contributed by atoms with Crippen LogP contribution >= 0.6 is 11.3 Å². The van der Waals surface area contributed by atoms with E-state index in [2.05, 4.69) is 10.3 Å². The Bertz CT molecular complexity index is 468. The van der Waals surface area contributed by atoms with Crippen molar-refractivity contribution in [3.63, 3.8) is 0 Å². The van der Waals surface area contributed by atoms with E-state index in [1.54, 1.807) is 30.5 Å². The van der Waals surface area contributed by atoms with Gasteiger partial charge in [-0.3, -0.25) is 0 Å². The molecule has 0 aliphatic carbocycles. The number of nitrogens with zero attached hydrogens (tertiary/aromatic N) is 1. The third-order valence-corrected chi connectivity index (χ3v) is 3.34. The molecule has 1 unspecified atom stereocenters. The highest BCUT2D eigenvalue weighted by Crippen LogP contribution is 2.22. The third kappa shape index (κ3) is 2.39. The lowest BCUT2D eigenvalue weighted by Gasteiger charge is -2.13. The summed E-state index contributed by atoms with van der Waals surface area (Å²) in [6.07, 6.45) is 1.77. The maximum atomic E-state index is 13.3. The molecule has 84 valence electrons. The topological polar surface area (TPSA) is 24.9 Å². The van der Waals surface area contributed by atoms with Crippen LogP contribution in [0.1, 0.15) is 23.5 Å². The van der Waals surface area contributed by atoms with E-state index >= 15 is 0 Å². The fourth-order valence-corrected chi connectivity index (χ4v) is 2.09. The molecule has 0 aliphatic rings. The zero-order valence-corrected chi connectivity index (χ0v) is 10.0. The summed E-state index contributed by atoms with van der Waals surface area (Å²) in [5.74, 6) is -0.184. The average molecular weight is 236 g/mol. The van der Waals surface area contributed by atoms with Gasteiger partial charge >= 0.3 is 0 Å². The van der Waals surface area contributed by atoms with Crippen molar-refractivity contribution in [2.45, 2.75) is 19.9 Å². The van der Waals surface area contributed by atoms with E-state index in [1.165, 1.54) is 6.07 Å². The number of thiazole rings is 1. The van der Waals surface area contributed by atoms with Crippen LogP contribution in [0.3, 0.4) is 0 Å². The molecule has 1 atom stereocenters. The lowest BCUT2D eigenvalue weighted by Crippen LogP contribution is -2.06. The maximum absolute atomic E-state index is 13.3. The highest BCUT2D eigenvalue weighted by atomic mass is 32.1. The average Bonchev–Trinajstić information content (AvgIpc) is 2.77. The van der Waals surface area contributed by atoms with E-state index in [-0.39, 0.29) is 11.9 Å². The minimum atomic E-state index is -0.184. The van der Waals surface area contributed by atoms with Gasteiger partial charge < -0.3 is 5.32 Å². The quantitative estimate of drug-likeness (QED) is 0.877. The molecule has 4 heteroatoms. The lowest BCUT2D eigenvalue weighted by molar-refractivity contribution is 0.618. The van der Waals surface area contributed by atoms with Gasteiger partial charge in [0.1, 0.15) is 10.8 Å². The molecule has 0 aliphatic heterocycles. The summed E-state index contributed by atoms with van der Waals surface area (Å²) >= 11 is 1.59. The van der Waals surface area contributed by atoms with Gasteiger partial charge in [-0.1, -0.05) is 6.07 Å². The zero-order valence-electron chi connectivity index (χ0n) is 9.20. The molecule has 0 radical (unpaired) electrons. The van der Waals surface area contributed by atoms with Crippen LogP contribution < -0.4 is 5.32 Å². The summed E-state index contributed by atoms with van der Waals surface area (Å²) in [6, 6.07) is 5.26. The number of hydrogen-bond donors (Lipinski definition) is 1. The van der Waals surface area contributed by atoms with Gasteiger partial charge in [0, 0.05) is 17.3 Å². The first-order chi connectivity index (χ1) is 7.66. The second-order valence-corrected chi connectivity index (χ2v) is 4.63. The smallest absolute Gasteiger partial charge is 0.128 e. The Morgan fingerprint density at radius 2 is 2.25 bits per heavy atom. The van der Waals surface area contributed by atoms with Crippen molar-refractivity contribution >= 4 is 17.0 Å². The number of nitrogens with one attached hydrogen (secondary N) is 1. The number of benzene rings is 1. The minimum absolute atomic E-state index is 0.0992. The maximum Gasteiger partial charge on any atom is 0.128 e. The first-order valence-corrected chi connectivity index (χ1v) is 5.97. The summed E-state index contributed by atoms with van der Waals surface area (Å²) in [4.78, 5) is 4.21. The van der Waals surface area contributed by atoms with Gasteiger partial charge in [-0.15, -0.1) is 11.3 Å². The molecule has 1 aromatic carbocycles. The Morgan fingerprint density at radius 1 is 1.44 bits per heavy atom. The van der Waals surface area contributed by atoms with Crippen LogP contribution in [0.5, 0.6) is 0 Å². The van der Waals surface area contributed by atoms with Crippen LogP contribution in [-0.2, 0) is 0 Å². The molecule has 2 aromatic rings. The van der Waals surface area contributed by atoms with Gasteiger partial charge in [0.05, 0.1) is 6.04 Å². The normalized spacial score (nSPS) is 12.4. The number of hydrogen-bond acceptors (Lipinski definition) is 3. The fourth-order valence-electron chi connectivity index (χ4n) is 1.44. The number of halogens is 1. The second-order valence-electron chi connectivity index (χ2n) is 3.70. The second kappa shape index (κ2) is 4.61. The van der Waals surface area contributed by atoms with Gasteiger partial charge in [-0.25, -0.2) is 9.37 Å². The van der Waals surface area contributed by atoms with Crippen molar-refractivity contribution in [2.75, 3.05) is 5.32 Å². The molecule has 0 amide bonds. The summed E-state index contributed by atoms with van der Waals surface area (Å²) in [5.41, 5.74) is 1.44. The molecular formula is C12H13FN2S. The van der Waals surface area contributed by atoms with Crippen molar-refractivity contribution < 1.29 is 4.39 Å². The fraction of sp³-hybridized carbons (Fsp3) is 0.250. The number of aromatic nitrogens is 1. The highest BCUT2D eigenvalue weighted by molar-refractivity contribution is 7.09. The predicted octanol–water partition coefficient (Wildman–Crippen LogP) is 3.76. The lowest BCUT2D eigenvalue weighted by atomic mass is 10.2. The third-order valence-electron chi connectivity index (χ3n) is 2.38. The minimum Gasteiger partial charge on any atom is -0.376 e. The van der Waals surface area contributed by atoms with Crippen LogP contribution in [0.4, 0.5) is 10.1 Å². The Hall–Kier alpha value is -1.42. The molecule has 2 nitrogen and oxygen atoms in total. The summed E-state index contributed by atoms with van der Waals surface area (Å²) in [5, 5.41) is 6.15. The predicted molar refractivity (Wildman–Crippen MR) is 65.3 cm³/mol. The van der Waals surface area contributed by atoms with Gasteiger partial charge in [-0.05, 0) is 31.5 Å². The van der Waals surface area contributed by atoms with Gasteiger partial charge in [-0.2, -0.15) is 0 Å². The monoisotopic (exact) mass is 236 g/mol. The molecule has 0 saturated carbocycles. The molecule has 0 bridgehead atoms. The number of aryl methyl sites for hydroxylation is 1. The van der Waals surface area contributed by atoms with Gasteiger partial charge in [0.25, 0.3) is 0 Å². The van der Waals surface area contributed by atoms with Crippen LogP contribution in [0, 0.1) is 12.7 Å². The molecule has 2 rings (SSSR count). The van der Waals surface area contributed by atoms with Crippen LogP contribution in [0.15, 0.2) is 29.8 Å². The molecule has 1 aromatic heterocycles. The number of anilines is 1. The van der Waals surface area contributed by atoms with Crippen molar-refractivity contribution in [1.29, 1.82) is 0 Å². The van der Waals surface area contributed by atoms with Crippen LogP contribution in [0.2, 0.25) is 0 Å². The van der Waals surface area contributed by atoms with Crippen molar-refractivity contribution in [2.24, 2.45) is 0 Å². The largest absolute Gasteiger partial charge is 0.376 e. The first kappa shape index (κ1) is 11.1. The van der Waals surface area contributed by atoms with E-state index in [1.807, 2.05) is 18.4 Å². The van der Waals surface area contributed by atoms with Crippen molar-refractivity contribution in [1.82, 2.24) is 4.98 Å². The standard InChI is InChI=1S/C12H13FN2S/c1-8-3-4-10(7-11(8)13)15-9(2)12-14-5-6-16-12/h3-7,9,15H,1-2H3. The summed E-state index contributed by atoms with van der Waals surface area (Å²) in [6.45, 7) is 3.76. The molecule has 0 fully saturated rings. The van der Waals surface area contributed by atoms with E-state index in [0.29, 0.717) is 5.56 Å². The SMILES string of the molecule is Cc1ccc(NC(C)c2nccs2)cc1F. The van der Waals surface area contributed by atoms with Crippen LogP contribution in [-0.4, -0.2) is 4.98 Å². The van der Waals surface area contributed by atoms with E-state index in [0.717, 1.165) is 10.7 Å². The van der Waals surface area contributed by atoms with Crippen molar-refractivity contribution in [3.8, 4) is 0 Å². The Labute approximate surface area is 98.2 Å². The van der Waals surface area contributed by atoms with Crippen molar-refractivity contribution in [3.05, 3.63) is 46.2 Å². The molecule has 0 spiro atoms. The van der Waals surface area contributed by atoms with E-state index in [4.69, 9.17) is 0 Å². The van der Waals surface area contributed by atoms with Crippen LogP contribution in [0.25, 0.3) is 0 Å². The van der Waals surface area contributed by atoms with Gasteiger partial charge in [0.2, 0.25) is 0 Å². The first-order valence-electron chi connectivity index (χ1n) is 5.09. The molecule has 16 heavy (non-hydrogen) atoms. The van der Waals surface area contributed by atoms with E-state index < -0.39 is 0 Å².